The number of nitrogens with zero attached hydrogens (tertiary/aromatic N) is 1. The molecule has 0 saturated carbocycles. The third kappa shape index (κ3) is 2.42. The second kappa shape index (κ2) is 5.82. The lowest BCUT2D eigenvalue weighted by Gasteiger charge is -2.06. The van der Waals surface area contributed by atoms with Crippen LogP contribution in [0.15, 0.2) is 85.2 Å². The molecule has 4 aromatic rings. The zero-order valence-corrected chi connectivity index (χ0v) is 13.4. The van der Waals surface area contributed by atoms with Crippen molar-refractivity contribution in [3.05, 3.63) is 90.8 Å². The number of hydrogen-bond donors (Lipinski definition) is 0. The van der Waals surface area contributed by atoms with E-state index in [2.05, 4.69) is 34.9 Å². The monoisotopic (exact) mass is 311 g/mol. The van der Waals surface area contributed by atoms with Gasteiger partial charge in [-0.2, -0.15) is 0 Å². The first-order valence-electron chi connectivity index (χ1n) is 8.00. The van der Waals surface area contributed by atoms with Gasteiger partial charge in [0.25, 0.3) is 0 Å². The van der Waals surface area contributed by atoms with Crippen LogP contribution >= 0.6 is 0 Å². The average Bonchev–Trinajstić information content (AvgIpc) is 3.01. The van der Waals surface area contributed by atoms with Crippen molar-refractivity contribution in [3.63, 3.8) is 0 Å². The molecule has 0 aliphatic carbocycles. The van der Waals surface area contributed by atoms with Crippen LogP contribution in [0.4, 0.5) is 0 Å². The maximum absolute atomic E-state index is 11.8. The van der Waals surface area contributed by atoms with Gasteiger partial charge in [-0.3, -0.25) is 4.79 Å². The SMILES string of the molecule is CC(=O)c1ccn2cc(-c3ccccc3)c(-c3ccccc3)c2c1. The zero-order chi connectivity index (χ0) is 16.5. The minimum Gasteiger partial charge on any atom is -0.323 e. The molecule has 0 aliphatic heterocycles. The summed E-state index contributed by atoms with van der Waals surface area (Å²) in [5, 5.41) is 0. The first-order valence-corrected chi connectivity index (χ1v) is 8.00. The van der Waals surface area contributed by atoms with E-state index in [1.54, 1.807) is 6.92 Å². The molecule has 0 atom stereocenters. The summed E-state index contributed by atoms with van der Waals surface area (Å²) in [6.45, 7) is 1.61. The molecule has 0 fully saturated rings. The van der Waals surface area contributed by atoms with Gasteiger partial charge in [0.2, 0.25) is 0 Å². The van der Waals surface area contributed by atoms with E-state index in [1.807, 2.05) is 54.7 Å². The first-order chi connectivity index (χ1) is 11.7. The van der Waals surface area contributed by atoms with E-state index < -0.39 is 0 Å². The Balaban J connectivity index is 2.07. The molecule has 0 spiro atoms. The van der Waals surface area contributed by atoms with Gasteiger partial charge in [0.05, 0.1) is 5.52 Å². The third-order valence-corrected chi connectivity index (χ3v) is 4.33. The largest absolute Gasteiger partial charge is 0.323 e. The maximum atomic E-state index is 11.8. The Hall–Kier alpha value is -3.13. The predicted octanol–water partition coefficient (Wildman–Crippen LogP) is 5.48. The van der Waals surface area contributed by atoms with Crippen LogP contribution in [0.5, 0.6) is 0 Å². The Morgan fingerprint density at radius 2 is 1.46 bits per heavy atom. The normalized spacial score (nSPS) is 10.9. The Kier molecular flexibility index (Phi) is 3.51. The lowest BCUT2D eigenvalue weighted by atomic mass is 9.97. The molecule has 0 bridgehead atoms. The summed E-state index contributed by atoms with van der Waals surface area (Å²) < 4.78 is 2.09. The average molecular weight is 311 g/mol. The molecular formula is C22H17NO. The molecule has 0 unspecified atom stereocenters. The van der Waals surface area contributed by atoms with Gasteiger partial charge in [-0.05, 0) is 30.2 Å². The van der Waals surface area contributed by atoms with E-state index in [0.29, 0.717) is 0 Å². The van der Waals surface area contributed by atoms with E-state index in [4.69, 9.17) is 0 Å². The number of benzene rings is 2. The lowest BCUT2D eigenvalue weighted by molar-refractivity contribution is 0.101. The molecule has 2 aromatic heterocycles. The Bertz CT molecular complexity index is 1010. The van der Waals surface area contributed by atoms with Gasteiger partial charge in [-0.15, -0.1) is 0 Å². The molecule has 2 nitrogen and oxygen atoms in total. The fraction of sp³-hybridized carbons (Fsp3) is 0.0455. The van der Waals surface area contributed by atoms with Gasteiger partial charge in [0, 0.05) is 29.1 Å². The minimum atomic E-state index is 0.0824. The second-order valence-electron chi connectivity index (χ2n) is 5.91. The van der Waals surface area contributed by atoms with Crippen molar-refractivity contribution in [2.24, 2.45) is 0 Å². The van der Waals surface area contributed by atoms with Crippen molar-refractivity contribution in [1.82, 2.24) is 4.40 Å². The summed E-state index contributed by atoms with van der Waals surface area (Å²) in [7, 11) is 0. The standard InChI is InChI=1S/C22H17NO/c1-16(24)19-12-13-23-15-20(17-8-4-2-5-9-17)22(21(23)14-19)18-10-6-3-7-11-18/h2-15H,1H3. The van der Waals surface area contributed by atoms with E-state index in [-0.39, 0.29) is 5.78 Å². The van der Waals surface area contributed by atoms with Crippen LogP contribution < -0.4 is 0 Å². The highest BCUT2D eigenvalue weighted by Gasteiger charge is 2.15. The number of fused-ring (bicyclic) bond motifs is 1. The molecule has 0 amide bonds. The van der Waals surface area contributed by atoms with Crippen LogP contribution in [-0.2, 0) is 0 Å². The zero-order valence-electron chi connectivity index (χ0n) is 13.4. The van der Waals surface area contributed by atoms with E-state index in [1.165, 1.54) is 11.1 Å². The molecule has 0 aliphatic rings. The summed E-state index contributed by atoms with van der Waals surface area (Å²) in [5.74, 6) is 0.0824. The predicted molar refractivity (Wildman–Crippen MR) is 98.3 cm³/mol. The molecule has 116 valence electrons. The number of pyridine rings is 1. The summed E-state index contributed by atoms with van der Waals surface area (Å²) >= 11 is 0. The summed E-state index contributed by atoms with van der Waals surface area (Å²) in [6.07, 6.45) is 4.10. The van der Waals surface area contributed by atoms with Gasteiger partial charge in [-0.25, -0.2) is 0 Å². The van der Waals surface area contributed by atoms with Crippen molar-refractivity contribution in [3.8, 4) is 22.3 Å². The summed E-state index contributed by atoms with van der Waals surface area (Å²) in [6, 6.07) is 24.5. The highest BCUT2D eigenvalue weighted by atomic mass is 16.1. The lowest BCUT2D eigenvalue weighted by Crippen LogP contribution is -1.93. The highest BCUT2D eigenvalue weighted by Crippen LogP contribution is 2.37. The molecule has 0 N–H and O–H groups in total. The molecule has 2 heterocycles. The topological polar surface area (TPSA) is 21.5 Å². The van der Waals surface area contributed by atoms with Gasteiger partial charge < -0.3 is 4.40 Å². The van der Waals surface area contributed by atoms with Crippen LogP contribution in [0.2, 0.25) is 0 Å². The smallest absolute Gasteiger partial charge is 0.159 e. The summed E-state index contributed by atoms with van der Waals surface area (Å²) in [5.41, 5.74) is 6.43. The number of rotatable bonds is 3. The van der Waals surface area contributed by atoms with Crippen LogP contribution in [0.1, 0.15) is 17.3 Å². The van der Waals surface area contributed by atoms with Gasteiger partial charge >= 0.3 is 0 Å². The van der Waals surface area contributed by atoms with Gasteiger partial charge in [0.15, 0.2) is 5.78 Å². The Morgan fingerprint density at radius 3 is 2.08 bits per heavy atom. The molecule has 2 heteroatoms. The Morgan fingerprint density at radius 1 is 0.833 bits per heavy atom. The van der Waals surface area contributed by atoms with Crippen molar-refractivity contribution in [2.45, 2.75) is 6.92 Å². The van der Waals surface area contributed by atoms with Crippen molar-refractivity contribution in [1.29, 1.82) is 0 Å². The fourth-order valence-electron chi connectivity index (χ4n) is 3.13. The maximum Gasteiger partial charge on any atom is 0.159 e. The number of carbonyl (C=O) groups is 1. The van der Waals surface area contributed by atoms with E-state index in [0.717, 1.165) is 22.2 Å². The Labute approximate surface area is 141 Å². The first kappa shape index (κ1) is 14.5. The van der Waals surface area contributed by atoms with E-state index in [9.17, 15) is 4.79 Å². The van der Waals surface area contributed by atoms with Gasteiger partial charge in [0.1, 0.15) is 0 Å². The molecule has 24 heavy (non-hydrogen) atoms. The molecule has 2 aromatic carbocycles. The number of carbonyl (C=O) groups excluding carboxylic acids is 1. The minimum absolute atomic E-state index is 0.0824. The number of aromatic nitrogens is 1. The van der Waals surface area contributed by atoms with Gasteiger partial charge in [-0.1, -0.05) is 60.7 Å². The van der Waals surface area contributed by atoms with Crippen molar-refractivity contribution >= 4 is 11.3 Å². The highest BCUT2D eigenvalue weighted by molar-refractivity contribution is 5.99. The quantitative estimate of drug-likeness (QED) is 0.459. The molecule has 0 radical (unpaired) electrons. The summed E-state index contributed by atoms with van der Waals surface area (Å²) in [4.78, 5) is 11.8. The number of ketones is 1. The number of hydrogen-bond acceptors (Lipinski definition) is 1. The van der Waals surface area contributed by atoms with Crippen LogP contribution in [0.25, 0.3) is 27.8 Å². The van der Waals surface area contributed by atoms with Crippen LogP contribution in [-0.4, -0.2) is 10.2 Å². The van der Waals surface area contributed by atoms with E-state index >= 15 is 0 Å². The second-order valence-corrected chi connectivity index (χ2v) is 5.91. The van der Waals surface area contributed by atoms with Crippen molar-refractivity contribution < 1.29 is 4.79 Å². The molecule has 4 rings (SSSR count). The fourth-order valence-corrected chi connectivity index (χ4v) is 3.13. The third-order valence-electron chi connectivity index (χ3n) is 4.33. The van der Waals surface area contributed by atoms with Crippen LogP contribution in [0, 0.1) is 0 Å². The molecular weight excluding hydrogens is 294 g/mol. The number of Topliss-reactive ketones (excluding diaryl/α,β-unsaturated/α-hetero) is 1. The van der Waals surface area contributed by atoms with Crippen molar-refractivity contribution in [2.75, 3.05) is 0 Å². The molecule has 0 saturated heterocycles. The van der Waals surface area contributed by atoms with Crippen LogP contribution in [0.3, 0.4) is 0 Å².